The quantitative estimate of drug-likeness (QED) is 0.576. The Morgan fingerprint density at radius 1 is 0.944 bits per heavy atom. The van der Waals surface area contributed by atoms with Gasteiger partial charge in [-0.15, -0.1) is 0 Å². The molecule has 2 aliphatic rings. The zero-order valence-corrected chi connectivity index (χ0v) is 12.7. The minimum atomic E-state index is 0. The minimum absolute atomic E-state index is 0. The van der Waals surface area contributed by atoms with Crippen molar-refractivity contribution in [2.45, 2.75) is 49.8 Å². The second-order valence-electron chi connectivity index (χ2n) is 5.25. The van der Waals surface area contributed by atoms with Crippen molar-refractivity contribution in [1.29, 1.82) is 0 Å². The Bertz CT molecular complexity index is 323. The number of hydrogen-bond acceptors (Lipinski definition) is 0. The van der Waals surface area contributed by atoms with Gasteiger partial charge in [0.2, 0.25) is 0 Å². The van der Waals surface area contributed by atoms with Crippen LogP contribution in [0.25, 0.3) is 0 Å². The summed E-state index contributed by atoms with van der Waals surface area (Å²) in [5.74, 6) is 0. The van der Waals surface area contributed by atoms with Crippen molar-refractivity contribution in [3.8, 4) is 0 Å². The van der Waals surface area contributed by atoms with Crippen molar-refractivity contribution in [1.82, 2.24) is 0 Å². The van der Waals surface area contributed by atoms with Gasteiger partial charge in [0.15, 0.2) is 0 Å². The maximum Gasteiger partial charge on any atom is 0 e. The van der Waals surface area contributed by atoms with E-state index < -0.39 is 0 Å². The van der Waals surface area contributed by atoms with Gasteiger partial charge in [0.1, 0.15) is 0 Å². The first-order valence-electron chi connectivity index (χ1n) is 6.95. The van der Waals surface area contributed by atoms with Gasteiger partial charge in [-0.05, 0) is 55.1 Å². The third-order valence-electron chi connectivity index (χ3n) is 4.12. The van der Waals surface area contributed by atoms with E-state index in [9.17, 15) is 0 Å². The van der Waals surface area contributed by atoms with E-state index in [1.54, 1.807) is 5.30 Å². The van der Waals surface area contributed by atoms with Gasteiger partial charge in [-0.25, -0.2) is 0 Å². The largest absolute Gasteiger partial charge is 0.0687 e. The first-order valence-corrected chi connectivity index (χ1v) is 8.43. The molecule has 0 bridgehead atoms. The van der Waals surface area contributed by atoms with Gasteiger partial charge in [0.25, 0.3) is 0 Å². The molecule has 1 aromatic carbocycles. The Labute approximate surface area is 123 Å². The molecule has 0 spiro atoms. The van der Waals surface area contributed by atoms with Crippen LogP contribution in [0.4, 0.5) is 0 Å². The SMILES string of the molecule is [CH]1[CH]C(P(c2ccccc2)C2CCCC2)CC1.[Fe]. The summed E-state index contributed by atoms with van der Waals surface area (Å²) in [6, 6.07) is 11.3. The van der Waals surface area contributed by atoms with Crippen LogP contribution in [0.5, 0.6) is 0 Å². The summed E-state index contributed by atoms with van der Waals surface area (Å²) in [4.78, 5) is 0. The van der Waals surface area contributed by atoms with E-state index in [1.165, 1.54) is 38.5 Å². The van der Waals surface area contributed by atoms with E-state index in [-0.39, 0.29) is 25.0 Å². The third-order valence-corrected chi connectivity index (χ3v) is 7.46. The summed E-state index contributed by atoms with van der Waals surface area (Å²) in [6.45, 7) is 0. The average Bonchev–Trinajstić information content (AvgIpc) is 3.04. The molecule has 2 atom stereocenters. The molecule has 98 valence electrons. The molecular weight excluding hydrogens is 279 g/mol. The Hall–Kier alpha value is 0.169. The molecule has 0 saturated heterocycles. The molecule has 2 aliphatic carbocycles. The summed E-state index contributed by atoms with van der Waals surface area (Å²) >= 11 is 0. The Kier molecular flexibility index (Phi) is 5.74. The summed E-state index contributed by atoms with van der Waals surface area (Å²) in [5.41, 5.74) is 1.87. The predicted octanol–water partition coefficient (Wildman–Crippen LogP) is 4.30. The van der Waals surface area contributed by atoms with Crippen molar-refractivity contribution in [2.24, 2.45) is 0 Å². The van der Waals surface area contributed by atoms with E-state index >= 15 is 0 Å². The zero-order valence-electron chi connectivity index (χ0n) is 10.7. The van der Waals surface area contributed by atoms with Crippen LogP contribution in [0, 0.1) is 12.8 Å². The van der Waals surface area contributed by atoms with Gasteiger partial charge in [0.05, 0.1) is 0 Å². The van der Waals surface area contributed by atoms with Gasteiger partial charge in [0, 0.05) is 17.1 Å². The van der Waals surface area contributed by atoms with Crippen LogP contribution in [0.3, 0.4) is 0 Å². The maximum atomic E-state index is 2.51. The second kappa shape index (κ2) is 7.09. The number of benzene rings is 1. The molecule has 0 N–H and O–H groups in total. The van der Waals surface area contributed by atoms with Gasteiger partial charge in [-0.3, -0.25) is 0 Å². The molecular formula is C16H21FeP. The smallest absolute Gasteiger partial charge is 0 e. The van der Waals surface area contributed by atoms with Crippen LogP contribution in [0.2, 0.25) is 0 Å². The Morgan fingerprint density at radius 2 is 1.67 bits per heavy atom. The molecule has 18 heavy (non-hydrogen) atoms. The first-order chi connectivity index (χ1) is 8.45. The van der Waals surface area contributed by atoms with Crippen molar-refractivity contribution in [3.63, 3.8) is 0 Å². The summed E-state index contributed by atoms with van der Waals surface area (Å²) < 4.78 is 0. The summed E-state index contributed by atoms with van der Waals surface area (Å²) in [5, 5.41) is 1.64. The summed E-state index contributed by atoms with van der Waals surface area (Å²) in [6.07, 6.45) is 13.5. The Morgan fingerprint density at radius 3 is 2.28 bits per heavy atom. The van der Waals surface area contributed by atoms with Gasteiger partial charge in [-0.2, -0.15) is 0 Å². The molecule has 2 fully saturated rings. The molecule has 0 amide bonds. The van der Waals surface area contributed by atoms with Crippen LogP contribution < -0.4 is 5.30 Å². The third kappa shape index (κ3) is 3.19. The van der Waals surface area contributed by atoms with Crippen molar-refractivity contribution in [3.05, 3.63) is 43.2 Å². The standard InChI is InChI=1S/C16H21P.Fe/c1-2-8-14(9-3-1)17(15-10-4-5-11-15)16-12-6-7-13-16;/h1-4,8-10,15-16H,5-7,11-13H2;. The molecule has 2 radical (unpaired) electrons. The maximum absolute atomic E-state index is 2.51. The Balaban J connectivity index is 0.00000120. The topological polar surface area (TPSA) is 0 Å². The van der Waals surface area contributed by atoms with Gasteiger partial charge in [-0.1, -0.05) is 51.1 Å². The predicted molar refractivity (Wildman–Crippen MR) is 76.9 cm³/mol. The molecule has 0 aliphatic heterocycles. The number of rotatable bonds is 3. The molecule has 1 aromatic rings. The van der Waals surface area contributed by atoms with Gasteiger partial charge >= 0.3 is 0 Å². The van der Waals surface area contributed by atoms with Crippen LogP contribution >= 0.6 is 7.92 Å². The van der Waals surface area contributed by atoms with Crippen molar-refractivity contribution >= 4 is 13.2 Å². The molecule has 0 heterocycles. The van der Waals surface area contributed by atoms with Crippen LogP contribution in [0.1, 0.15) is 38.5 Å². The van der Waals surface area contributed by atoms with Crippen molar-refractivity contribution in [2.75, 3.05) is 0 Å². The van der Waals surface area contributed by atoms with Crippen LogP contribution in [-0.2, 0) is 17.1 Å². The van der Waals surface area contributed by atoms with Crippen LogP contribution in [0.15, 0.2) is 30.3 Å². The van der Waals surface area contributed by atoms with E-state index in [1.807, 2.05) is 0 Å². The second-order valence-corrected chi connectivity index (χ2v) is 7.98. The monoisotopic (exact) mass is 300 g/mol. The van der Waals surface area contributed by atoms with E-state index in [0.717, 1.165) is 11.3 Å². The fourth-order valence-electron chi connectivity index (χ4n) is 3.30. The molecule has 2 unspecified atom stereocenters. The normalized spacial score (nSPS) is 21.4. The summed E-state index contributed by atoms with van der Waals surface area (Å²) in [7, 11) is 0.0552. The van der Waals surface area contributed by atoms with E-state index in [4.69, 9.17) is 0 Å². The molecule has 0 nitrogen and oxygen atoms in total. The molecule has 0 aromatic heterocycles. The molecule has 2 heteroatoms. The first kappa shape index (κ1) is 14.6. The zero-order chi connectivity index (χ0) is 11.5. The fraction of sp³-hybridized carbons (Fsp3) is 0.500. The molecule has 2 saturated carbocycles. The van der Waals surface area contributed by atoms with Gasteiger partial charge < -0.3 is 0 Å². The van der Waals surface area contributed by atoms with Crippen molar-refractivity contribution < 1.29 is 17.1 Å². The van der Waals surface area contributed by atoms with E-state index in [0.29, 0.717) is 0 Å². The average molecular weight is 300 g/mol. The fourth-order valence-corrected chi connectivity index (χ4v) is 6.82. The van der Waals surface area contributed by atoms with E-state index in [2.05, 4.69) is 43.2 Å². The minimum Gasteiger partial charge on any atom is -0.0687 e. The molecule has 3 rings (SSSR count). The van der Waals surface area contributed by atoms with Crippen LogP contribution in [-0.4, -0.2) is 11.3 Å². The number of hydrogen-bond donors (Lipinski definition) is 0.